The first kappa shape index (κ1) is 20.7. The largest absolute Gasteiger partial charge is 0.452 e. The normalized spacial score (nSPS) is 12.0. The van der Waals surface area contributed by atoms with Crippen molar-refractivity contribution in [1.82, 2.24) is 13.7 Å². The topological polar surface area (TPSA) is 93.0 Å². The third kappa shape index (κ3) is 3.77. The van der Waals surface area contributed by atoms with Crippen LogP contribution in [0.15, 0.2) is 53.7 Å². The van der Waals surface area contributed by atoms with Crippen molar-refractivity contribution in [2.75, 3.05) is 19.5 Å². The van der Waals surface area contributed by atoms with E-state index in [-0.39, 0.29) is 4.90 Å². The summed E-state index contributed by atoms with van der Waals surface area (Å²) in [7, 11) is -1.16. The summed E-state index contributed by atoms with van der Waals surface area (Å²) in [6, 6.07) is 10.2. The van der Waals surface area contributed by atoms with E-state index < -0.39 is 21.7 Å². The number of hydrogen-bond acceptors (Lipinski definition) is 6. The number of imidazole rings is 1. The maximum absolute atomic E-state index is 13.3. The summed E-state index contributed by atoms with van der Waals surface area (Å²) in [5.74, 6) is 0. The number of methoxy groups -OCH3 is 1. The van der Waals surface area contributed by atoms with Gasteiger partial charge in [0.25, 0.3) is 10.0 Å². The van der Waals surface area contributed by atoms with E-state index in [4.69, 9.17) is 4.74 Å². The molecule has 2 aromatic heterocycles. The predicted molar refractivity (Wildman–Crippen MR) is 111 cm³/mol. The minimum atomic E-state index is -4.13. The molecule has 2 heterocycles. The summed E-state index contributed by atoms with van der Waals surface area (Å²) in [5, 5.41) is 3.07. The fourth-order valence-corrected chi connectivity index (χ4v) is 4.81. The molecule has 3 aromatic rings. The van der Waals surface area contributed by atoms with Crippen molar-refractivity contribution < 1.29 is 17.9 Å². The molecule has 0 spiro atoms. The van der Waals surface area contributed by atoms with Crippen LogP contribution in [0, 0.1) is 0 Å². The van der Waals surface area contributed by atoms with Crippen LogP contribution in [-0.4, -0.2) is 47.9 Å². The second kappa shape index (κ2) is 7.40. The van der Waals surface area contributed by atoms with Crippen LogP contribution in [0.2, 0.25) is 0 Å². The molecular weight excluding hydrogens is 392 g/mol. The number of amides is 1. The zero-order chi connectivity index (χ0) is 21.4. The van der Waals surface area contributed by atoms with Crippen LogP contribution < -0.4 is 5.32 Å². The molecule has 0 aliphatic rings. The standard InChI is InChI=1S/C20H24N4O4S/c1-20(2,3)24(19(25)28-5)29(26,27)16-8-6-7-14(11-16)17-12-22-18-10-9-15(21-4)13-23(17)18/h6-13,21H,1-5H3. The Balaban J connectivity index is 2.14. The van der Waals surface area contributed by atoms with Crippen LogP contribution >= 0.6 is 0 Å². The number of aromatic nitrogens is 2. The van der Waals surface area contributed by atoms with Gasteiger partial charge in [-0.2, -0.15) is 4.31 Å². The average Bonchev–Trinajstić information content (AvgIpc) is 3.09. The summed E-state index contributed by atoms with van der Waals surface area (Å²) in [6.45, 7) is 4.90. The van der Waals surface area contributed by atoms with Gasteiger partial charge in [-0.05, 0) is 45.0 Å². The molecule has 0 saturated carbocycles. The highest BCUT2D eigenvalue weighted by atomic mass is 32.2. The molecule has 154 valence electrons. The Hall–Kier alpha value is -3.07. The van der Waals surface area contributed by atoms with Gasteiger partial charge in [0.1, 0.15) is 5.65 Å². The van der Waals surface area contributed by atoms with E-state index >= 15 is 0 Å². The van der Waals surface area contributed by atoms with Gasteiger partial charge in [0, 0.05) is 18.8 Å². The van der Waals surface area contributed by atoms with Crippen molar-refractivity contribution in [1.29, 1.82) is 0 Å². The first-order valence-electron chi connectivity index (χ1n) is 8.98. The van der Waals surface area contributed by atoms with Gasteiger partial charge in [0.2, 0.25) is 0 Å². The highest BCUT2D eigenvalue weighted by molar-refractivity contribution is 7.89. The van der Waals surface area contributed by atoms with Crippen molar-refractivity contribution in [2.45, 2.75) is 31.2 Å². The van der Waals surface area contributed by atoms with Crippen molar-refractivity contribution in [3.63, 3.8) is 0 Å². The molecule has 1 aromatic carbocycles. The van der Waals surface area contributed by atoms with Gasteiger partial charge in [0.05, 0.1) is 35.1 Å². The summed E-state index contributed by atoms with van der Waals surface area (Å²) in [6.07, 6.45) is 2.63. The van der Waals surface area contributed by atoms with E-state index in [0.717, 1.165) is 28.4 Å². The lowest BCUT2D eigenvalue weighted by Crippen LogP contribution is -2.49. The van der Waals surface area contributed by atoms with Crippen LogP contribution in [0.4, 0.5) is 10.5 Å². The summed E-state index contributed by atoms with van der Waals surface area (Å²) >= 11 is 0. The second-order valence-electron chi connectivity index (χ2n) is 7.48. The lowest BCUT2D eigenvalue weighted by molar-refractivity contribution is 0.125. The lowest BCUT2D eigenvalue weighted by atomic mass is 10.1. The van der Waals surface area contributed by atoms with E-state index in [1.165, 1.54) is 12.1 Å². The number of carbonyl (C=O) groups is 1. The average molecular weight is 417 g/mol. The molecule has 29 heavy (non-hydrogen) atoms. The summed E-state index contributed by atoms with van der Waals surface area (Å²) < 4.78 is 33.9. The first-order valence-corrected chi connectivity index (χ1v) is 10.4. The number of carbonyl (C=O) groups excluding carboxylic acids is 1. The molecule has 0 aliphatic heterocycles. The van der Waals surface area contributed by atoms with Crippen LogP contribution in [-0.2, 0) is 14.8 Å². The van der Waals surface area contributed by atoms with E-state index in [9.17, 15) is 13.2 Å². The fraction of sp³-hybridized carbons (Fsp3) is 0.300. The Labute approximate surface area is 170 Å². The third-order valence-corrected chi connectivity index (χ3v) is 6.44. The van der Waals surface area contributed by atoms with Crippen molar-refractivity contribution in [2.24, 2.45) is 0 Å². The van der Waals surface area contributed by atoms with Crippen LogP contribution in [0.3, 0.4) is 0 Å². The van der Waals surface area contributed by atoms with E-state index in [0.29, 0.717) is 5.56 Å². The minimum absolute atomic E-state index is 0.00459. The zero-order valence-electron chi connectivity index (χ0n) is 17.0. The molecule has 0 fully saturated rings. The number of hydrogen-bond donors (Lipinski definition) is 1. The number of fused-ring (bicyclic) bond motifs is 1. The molecule has 0 saturated heterocycles. The van der Waals surface area contributed by atoms with Crippen LogP contribution in [0.1, 0.15) is 20.8 Å². The molecule has 0 unspecified atom stereocenters. The first-order chi connectivity index (χ1) is 13.6. The molecule has 0 radical (unpaired) electrons. The Morgan fingerprint density at radius 3 is 2.55 bits per heavy atom. The lowest BCUT2D eigenvalue weighted by Gasteiger charge is -2.33. The molecule has 0 atom stereocenters. The quantitative estimate of drug-likeness (QED) is 0.699. The number of benzene rings is 1. The van der Waals surface area contributed by atoms with Crippen LogP contribution in [0.25, 0.3) is 16.9 Å². The monoisotopic (exact) mass is 416 g/mol. The molecule has 1 N–H and O–H groups in total. The molecule has 8 nitrogen and oxygen atoms in total. The number of ether oxygens (including phenoxy) is 1. The van der Waals surface area contributed by atoms with Crippen LogP contribution in [0.5, 0.6) is 0 Å². The van der Waals surface area contributed by atoms with Gasteiger partial charge in [-0.1, -0.05) is 12.1 Å². The molecule has 9 heteroatoms. The zero-order valence-corrected chi connectivity index (χ0v) is 17.8. The Kier molecular flexibility index (Phi) is 5.27. The van der Waals surface area contributed by atoms with Gasteiger partial charge < -0.3 is 10.1 Å². The third-order valence-electron chi connectivity index (χ3n) is 4.41. The molecule has 3 rings (SSSR count). The van der Waals surface area contributed by atoms with Gasteiger partial charge in [-0.3, -0.25) is 4.40 Å². The van der Waals surface area contributed by atoms with Gasteiger partial charge in [-0.25, -0.2) is 18.2 Å². The molecule has 1 amide bonds. The molecule has 0 bridgehead atoms. The summed E-state index contributed by atoms with van der Waals surface area (Å²) in [4.78, 5) is 16.6. The second-order valence-corrected chi connectivity index (χ2v) is 9.26. The molecule has 0 aliphatic carbocycles. The number of rotatable bonds is 4. The van der Waals surface area contributed by atoms with Gasteiger partial charge >= 0.3 is 6.09 Å². The Bertz CT molecular complexity index is 1160. The Morgan fingerprint density at radius 1 is 1.21 bits per heavy atom. The smallest absolute Gasteiger partial charge is 0.424 e. The van der Waals surface area contributed by atoms with Crippen molar-refractivity contribution in [3.05, 3.63) is 48.8 Å². The van der Waals surface area contributed by atoms with Gasteiger partial charge in [0.15, 0.2) is 0 Å². The number of sulfonamides is 1. The van der Waals surface area contributed by atoms with E-state index in [1.54, 1.807) is 39.1 Å². The van der Waals surface area contributed by atoms with E-state index in [1.807, 2.05) is 29.8 Å². The van der Waals surface area contributed by atoms with Crippen molar-refractivity contribution >= 4 is 27.5 Å². The van der Waals surface area contributed by atoms with E-state index in [2.05, 4.69) is 10.3 Å². The highest BCUT2D eigenvalue weighted by Gasteiger charge is 2.39. The maximum atomic E-state index is 13.3. The number of pyridine rings is 1. The summed E-state index contributed by atoms with van der Waals surface area (Å²) in [5.41, 5.74) is 2.02. The number of nitrogens with zero attached hydrogens (tertiary/aromatic N) is 3. The SMILES string of the molecule is CNc1ccc2ncc(-c3cccc(S(=O)(=O)N(C(=O)OC)C(C)(C)C)c3)n2c1. The maximum Gasteiger partial charge on any atom is 0.424 e. The van der Waals surface area contributed by atoms with Gasteiger partial charge in [-0.15, -0.1) is 0 Å². The number of nitrogens with one attached hydrogen (secondary N) is 1. The predicted octanol–water partition coefficient (Wildman–Crippen LogP) is 3.60. The number of anilines is 1. The fourth-order valence-electron chi connectivity index (χ4n) is 3.08. The molecular formula is C20H24N4O4S. The Morgan fingerprint density at radius 2 is 1.93 bits per heavy atom. The highest BCUT2D eigenvalue weighted by Crippen LogP contribution is 2.29. The minimum Gasteiger partial charge on any atom is -0.452 e. The van der Waals surface area contributed by atoms with Crippen molar-refractivity contribution in [3.8, 4) is 11.3 Å².